The third-order valence-corrected chi connectivity index (χ3v) is 10.4. The molecule has 0 spiro atoms. The smallest absolute Gasteiger partial charge is 0.415 e. The van der Waals surface area contributed by atoms with E-state index in [4.69, 9.17) is 14.2 Å². The summed E-state index contributed by atoms with van der Waals surface area (Å²) in [4.78, 5) is 40.8. The van der Waals surface area contributed by atoms with E-state index in [9.17, 15) is 19.5 Å². The minimum absolute atomic E-state index is 0.00818. The van der Waals surface area contributed by atoms with Crippen LogP contribution in [0.4, 0.5) is 4.79 Å². The van der Waals surface area contributed by atoms with E-state index < -0.39 is 34.6 Å². The molecule has 1 amide bonds. The highest BCUT2D eigenvalue weighted by Crippen LogP contribution is 2.82. The molecule has 4 bridgehead atoms. The lowest BCUT2D eigenvalue weighted by molar-refractivity contribution is -0.232. The third-order valence-electron chi connectivity index (χ3n) is 10.4. The molecule has 204 valence electrons. The standard InChI is InChI=1S/C29H41NO7/c1-16(2)23-9-20-10-27(14-31)22-8-7-18(5)21(22)11-28(20,29(23,27)25(32)33)15-35-24-13-30(12-19(6)37-24)26(34)36-17(3)4/h9,14,16,18-22,24H,3,7-8,10-13,15H2,1-2,4-6H3,(H,32,33)/t18-,19-,20?,21?,22?,24-,27+,28?,29?/m1/s1. The van der Waals surface area contributed by atoms with Gasteiger partial charge in [-0.3, -0.25) is 4.79 Å². The maximum atomic E-state index is 13.5. The van der Waals surface area contributed by atoms with Gasteiger partial charge in [-0.1, -0.05) is 45.4 Å². The van der Waals surface area contributed by atoms with Gasteiger partial charge in [0.2, 0.25) is 0 Å². The van der Waals surface area contributed by atoms with E-state index in [1.165, 1.54) is 0 Å². The molecule has 5 aliphatic rings. The fourth-order valence-electron chi connectivity index (χ4n) is 9.24. The Morgan fingerprint density at radius 3 is 2.62 bits per heavy atom. The number of carboxylic acid groups (broad SMARTS) is 1. The number of morpholine rings is 1. The normalized spacial score (nSPS) is 43.9. The second-order valence-electron chi connectivity index (χ2n) is 12.6. The SMILES string of the molecule is C=C(C)OC(=O)N1C[C@H](OCC23CC4C(CC[C@H]4C)[C@@]4(C=O)CC2C=C(C(C)C)C34C(=O)O)O[C@H](C)C1. The van der Waals surface area contributed by atoms with Crippen molar-refractivity contribution in [2.75, 3.05) is 19.7 Å². The van der Waals surface area contributed by atoms with Gasteiger partial charge >= 0.3 is 12.1 Å². The number of nitrogens with zero attached hydrogens (tertiary/aromatic N) is 1. The summed E-state index contributed by atoms with van der Waals surface area (Å²) in [6.45, 7) is 14.2. The first-order valence-corrected chi connectivity index (χ1v) is 13.7. The van der Waals surface area contributed by atoms with Crippen molar-refractivity contribution in [2.24, 2.45) is 45.8 Å². The lowest BCUT2D eigenvalue weighted by Crippen LogP contribution is -2.64. The van der Waals surface area contributed by atoms with E-state index in [0.717, 1.165) is 31.1 Å². The monoisotopic (exact) mass is 515 g/mol. The van der Waals surface area contributed by atoms with Crippen molar-refractivity contribution in [2.45, 2.75) is 72.7 Å². The van der Waals surface area contributed by atoms with Gasteiger partial charge in [-0.2, -0.15) is 0 Å². The highest BCUT2D eigenvalue weighted by atomic mass is 16.7. The Balaban J connectivity index is 1.50. The number of hydrogen-bond acceptors (Lipinski definition) is 6. The molecule has 0 radical (unpaired) electrons. The Morgan fingerprint density at radius 2 is 2.00 bits per heavy atom. The summed E-state index contributed by atoms with van der Waals surface area (Å²) in [5, 5.41) is 11.1. The van der Waals surface area contributed by atoms with Crippen molar-refractivity contribution in [3.05, 3.63) is 24.0 Å². The van der Waals surface area contributed by atoms with E-state index in [0.29, 0.717) is 30.6 Å². The second-order valence-corrected chi connectivity index (χ2v) is 12.6. The molecule has 5 rings (SSSR count). The molecule has 4 aliphatic carbocycles. The number of carboxylic acids is 1. The van der Waals surface area contributed by atoms with Crippen LogP contribution in [0.2, 0.25) is 0 Å². The van der Waals surface area contributed by atoms with Crippen molar-refractivity contribution in [3.8, 4) is 0 Å². The summed E-state index contributed by atoms with van der Waals surface area (Å²) in [5.74, 6) is 0.183. The van der Waals surface area contributed by atoms with Crippen LogP contribution in [0.3, 0.4) is 0 Å². The zero-order valence-electron chi connectivity index (χ0n) is 22.7. The molecule has 37 heavy (non-hydrogen) atoms. The van der Waals surface area contributed by atoms with Gasteiger partial charge in [0.1, 0.15) is 11.7 Å². The van der Waals surface area contributed by atoms with E-state index in [1.54, 1.807) is 11.8 Å². The quantitative estimate of drug-likeness (QED) is 0.299. The fraction of sp³-hybridized carbons (Fsp3) is 0.759. The van der Waals surface area contributed by atoms with Crippen LogP contribution in [-0.4, -0.2) is 60.4 Å². The Labute approximate surface area is 219 Å². The number of carbonyl (C=O) groups excluding carboxylic acids is 2. The molecular formula is C29H41NO7. The molecule has 1 N–H and O–H groups in total. The molecule has 1 heterocycles. The first-order valence-electron chi connectivity index (χ1n) is 13.7. The van der Waals surface area contributed by atoms with Crippen LogP contribution in [0.5, 0.6) is 0 Å². The summed E-state index contributed by atoms with van der Waals surface area (Å²) in [5.41, 5.74) is -2.06. The van der Waals surface area contributed by atoms with Crippen LogP contribution in [-0.2, 0) is 23.8 Å². The van der Waals surface area contributed by atoms with Gasteiger partial charge in [-0.15, -0.1) is 0 Å². The number of carbonyl (C=O) groups is 3. The molecule has 5 unspecified atom stereocenters. The zero-order chi connectivity index (χ0) is 26.9. The minimum atomic E-state index is -1.29. The van der Waals surface area contributed by atoms with Gasteiger partial charge in [-0.25, -0.2) is 4.79 Å². The average Bonchev–Trinajstić information content (AvgIpc) is 3.39. The molecule has 3 saturated carbocycles. The van der Waals surface area contributed by atoms with Gasteiger partial charge in [0.05, 0.1) is 37.0 Å². The van der Waals surface area contributed by atoms with Crippen molar-refractivity contribution in [3.63, 3.8) is 0 Å². The largest absolute Gasteiger partial charge is 0.481 e. The third kappa shape index (κ3) is 3.43. The summed E-state index contributed by atoms with van der Waals surface area (Å²) in [6, 6.07) is 0. The van der Waals surface area contributed by atoms with E-state index >= 15 is 0 Å². The van der Waals surface area contributed by atoms with E-state index in [-0.39, 0.29) is 37.0 Å². The molecule has 8 heteroatoms. The second kappa shape index (κ2) is 8.94. The predicted octanol–water partition coefficient (Wildman–Crippen LogP) is 4.64. The molecule has 9 atom stereocenters. The molecule has 8 nitrogen and oxygen atoms in total. The van der Waals surface area contributed by atoms with E-state index in [1.807, 2.05) is 20.8 Å². The lowest BCUT2D eigenvalue weighted by Gasteiger charge is -2.58. The van der Waals surface area contributed by atoms with Crippen molar-refractivity contribution in [1.82, 2.24) is 4.90 Å². The zero-order valence-corrected chi connectivity index (χ0v) is 22.7. The number of fused-ring (bicyclic) bond motifs is 2. The van der Waals surface area contributed by atoms with Crippen LogP contribution < -0.4 is 0 Å². The lowest BCUT2D eigenvalue weighted by atomic mass is 9.43. The molecule has 4 fully saturated rings. The molecule has 1 aliphatic heterocycles. The highest BCUT2D eigenvalue weighted by molar-refractivity contribution is 5.90. The Morgan fingerprint density at radius 1 is 1.27 bits per heavy atom. The fourth-order valence-corrected chi connectivity index (χ4v) is 9.24. The summed E-state index contributed by atoms with van der Waals surface area (Å²) in [6.07, 6.45) is 4.91. The Kier molecular flexibility index (Phi) is 6.38. The molecule has 0 aromatic rings. The number of allylic oxidation sites excluding steroid dienone is 2. The number of aliphatic carboxylic acids is 1. The van der Waals surface area contributed by atoms with Gasteiger partial charge in [-0.05, 0) is 62.7 Å². The molecule has 0 aromatic carbocycles. The Hall–Kier alpha value is -2.19. The molecular weight excluding hydrogens is 474 g/mol. The number of ether oxygens (including phenoxy) is 3. The van der Waals surface area contributed by atoms with Crippen LogP contribution in [0, 0.1) is 45.8 Å². The summed E-state index contributed by atoms with van der Waals surface area (Å²) >= 11 is 0. The maximum absolute atomic E-state index is 13.5. The van der Waals surface area contributed by atoms with Crippen molar-refractivity contribution >= 4 is 18.3 Å². The van der Waals surface area contributed by atoms with Crippen LogP contribution in [0.1, 0.15) is 60.3 Å². The minimum Gasteiger partial charge on any atom is -0.481 e. The number of aldehydes is 1. The summed E-state index contributed by atoms with van der Waals surface area (Å²) < 4.78 is 17.7. The summed E-state index contributed by atoms with van der Waals surface area (Å²) in [7, 11) is 0. The predicted molar refractivity (Wildman–Crippen MR) is 135 cm³/mol. The van der Waals surface area contributed by atoms with Crippen LogP contribution in [0.25, 0.3) is 0 Å². The highest BCUT2D eigenvalue weighted by Gasteiger charge is 2.84. The number of rotatable bonds is 7. The number of hydrogen-bond donors (Lipinski definition) is 1. The average molecular weight is 516 g/mol. The van der Waals surface area contributed by atoms with Gasteiger partial charge in [0, 0.05) is 5.41 Å². The van der Waals surface area contributed by atoms with Gasteiger partial charge < -0.3 is 29.0 Å². The van der Waals surface area contributed by atoms with Gasteiger partial charge in [0.25, 0.3) is 0 Å². The molecule has 0 aromatic heterocycles. The van der Waals surface area contributed by atoms with E-state index in [2.05, 4.69) is 19.6 Å². The first kappa shape index (κ1) is 26.4. The Bertz CT molecular complexity index is 1040. The topological polar surface area (TPSA) is 102 Å². The maximum Gasteiger partial charge on any atom is 0.415 e. The molecule has 1 saturated heterocycles. The number of amides is 1. The first-order chi connectivity index (χ1) is 17.4. The van der Waals surface area contributed by atoms with Gasteiger partial charge in [0.15, 0.2) is 6.29 Å². The van der Waals surface area contributed by atoms with Crippen molar-refractivity contribution in [1.29, 1.82) is 0 Å². The van der Waals surface area contributed by atoms with Crippen LogP contribution >= 0.6 is 0 Å². The van der Waals surface area contributed by atoms with Crippen molar-refractivity contribution < 1.29 is 33.7 Å². The van der Waals surface area contributed by atoms with Crippen LogP contribution in [0.15, 0.2) is 24.0 Å².